The molecule has 0 unspecified atom stereocenters. The highest BCUT2D eigenvalue weighted by Gasteiger charge is 2.10. The van der Waals surface area contributed by atoms with Crippen LogP contribution >= 0.6 is 0 Å². The van der Waals surface area contributed by atoms with Crippen LogP contribution in [-0.2, 0) is 12.8 Å². The molecule has 0 saturated carbocycles. The Hall–Kier alpha value is -1.15. The number of carbonyl (C=O) groups excluding carboxylic acids is 1. The molecule has 2 nitrogen and oxygen atoms in total. The van der Waals surface area contributed by atoms with Crippen LogP contribution in [0.2, 0.25) is 0 Å². The molecule has 1 N–H and O–H groups in total. The van der Waals surface area contributed by atoms with Gasteiger partial charge in [-0.3, -0.25) is 4.79 Å². The van der Waals surface area contributed by atoms with E-state index in [1.807, 2.05) is 12.1 Å². The first-order valence-corrected chi connectivity index (χ1v) is 6.07. The van der Waals surface area contributed by atoms with Crippen LogP contribution in [-0.4, -0.2) is 17.5 Å². The molecule has 0 bridgehead atoms. The minimum Gasteiger partial charge on any atom is -0.388 e. The van der Waals surface area contributed by atoms with Crippen LogP contribution in [0.3, 0.4) is 0 Å². The number of ketones is 1. The molecule has 0 amide bonds. The van der Waals surface area contributed by atoms with Crippen LogP contribution in [0, 0.1) is 0 Å². The summed E-state index contributed by atoms with van der Waals surface area (Å²) in [6.07, 6.45) is 7.27. The Kier molecular flexibility index (Phi) is 3.73. The third kappa shape index (κ3) is 2.50. The molecule has 1 aliphatic rings. The standard InChI is InChI=1S/C14H18O2/c15-10-14(16)13-8-7-11-5-3-1-2-4-6-12(11)9-13/h7-9,15H,1-6,10H2. The summed E-state index contributed by atoms with van der Waals surface area (Å²) in [5.74, 6) is -0.176. The molecule has 16 heavy (non-hydrogen) atoms. The monoisotopic (exact) mass is 218 g/mol. The fourth-order valence-corrected chi connectivity index (χ4v) is 2.35. The third-order valence-corrected chi connectivity index (χ3v) is 3.31. The van der Waals surface area contributed by atoms with Crippen LogP contribution in [0.5, 0.6) is 0 Å². The van der Waals surface area contributed by atoms with E-state index in [9.17, 15) is 4.79 Å². The Morgan fingerprint density at radius 1 is 1.06 bits per heavy atom. The summed E-state index contributed by atoms with van der Waals surface area (Å²) in [6.45, 7) is -0.390. The number of benzene rings is 1. The highest BCUT2D eigenvalue weighted by atomic mass is 16.3. The summed E-state index contributed by atoms with van der Waals surface area (Å²) in [5, 5.41) is 8.84. The van der Waals surface area contributed by atoms with Crippen molar-refractivity contribution in [1.82, 2.24) is 0 Å². The van der Waals surface area contributed by atoms with Crippen molar-refractivity contribution >= 4 is 5.78 Å². The summed E-state index contributed by atoms with van der Waals surface area (Å²) in [7, 11) is 0. The van der Waals surface area contributed by atoms with E-state index in [2.05, 4.69) is 6.07 Å². The average molecular weight is 218 g/mol. The van der Waals surface area contributed by atoms with Crippen molar-refractivity contribution in [3.05, 3.63) is 34.9 Å². The van der Waals surface area contributed by atoms with E-state index in [4.69, 9.17) is 5.11 Å². The summed E-state index contributed by atoms with van der Waals surface area (Å²) in [4.78, 5) is 11.4. The topological polar surface area (TPSA) is 37.3 Å². The van der Waals surface area contributed by atoms with E-state index >= 15 is 0 Å². The smallest absolute Gasteiger partial charge is 0.188 e. The molecule has 0 saturated heterocycles. The van der Waals surface area contributed by atoms with Crippen molar-refractivity contribution in [2.45, 2.75) is 38.5 Å². The Bertz CT molecular complexity index is 382. The largest absolute Gasteiger partial charge is 0.388 e. The minimum absolute atomic E-state index is 0.176. The molecule has 1 aromatic rings. The maximum atomic E-state index is 11.4. The highest BCUT2D eigenvalue weighted by molar-refractivity contribution is 5.97. The molecule has 1 aromatic carbocycles. The zero-order chi connectivity index (χ0) is 11.4. The second-order valence-electron chi connectivity index (χ2n) is 4.48. The lowest BCUT2D eigenvalue weighted by Crippen LogP contribution is -2.07. The number of fused-ring (bicyclic) bond motifs is 1. The van der Waals surface area contributed by atoms with E-state index in [-0.39, 0.29) is 5.78 Å². The normalized spacial score (nSPS) is 16.1. The Labute approximate surface area is 96.3 Å². The number of Topliss-reactive ketones (excluding diaryl/α,β-unsaturated/α-hetero) is 1. The average Bonchev–Trinajstić information content (AvgIpc) is 2.28. The fraction of sp³-hybridized carbons (Fsp3) is 0.500. The first-order chi connectivity index (χ1) is 7.81. The van der Waals surface area contributed by atoms with Gasteiger partial charge >= 0.3 is 0 Å². The maximum Gasteiger partial charge on any atom is 0.188 e. The van der Waals surface area contributed by atoms with Gasteiger partial charge in [0.15, 0.2) is 5.78 Å². The first kappa shape index (κ1) is 11.3. The van der Waals surface area contributed by atoms with Crippen LogP contribution in [0.1, 0.15) is 47.2 Å². The van der Waals surface area contributed by atoms with Crippen molar-refractivity contribution in [2.24, 2.45) is 0 Å². The number of rotatable bonds is 2. The molecule has 0 spiro atoms. The summed E-state index contributed by atoms with van der Waals surface area (Å²) < 4.78 is 0. The van der Waals surface area contributed by atoms with Gasteiger partial charge in [0.25, 0.3) is 0 Å². The van der Waals surface area contributed by atoms with E-state index in [1.54, 1.807) is 0 Å². The molecule has 2 heteroatoms. The lowest BCUT2D eigenvalue weighted by Gasteiger charge is -2.14. The van der Waals surface area contributed by atoms with Gasteiger partial charge in [0.1, 0.15) is 6.61 Å². The molecule has 1 aliphatic carbocycles. The number of aliphatic hydroxyl groups excluding tert-OH is 1. The zero-order valence-corrected chi connectivity index (χ0v) is 9.54. The van der Waals surface area contributed by atoms with Gasteiger partial charge in [-0.2, -0.15) is 0 Å². The SMILES string of the molecule is O=C(CO)c1ccc2c(c1)CCCCCC2. The van der Waals surface area contributed by atoms with Gasteiger partial charge in [0.2, 0.25) is 0 Å². The quantitative estimate of drug-likeness (QED) is 0.774. The fourth-order valence-electron chi connectivity index (χ4n) is 2.35. The molecule has 86 valence electrons. The van der Waals surface area contributed by atoms with Crippen LogP contribution in [0.4, 0.5) is 0 Å². The van der Waals surface area contributed by atoms with Gasteiger partial charge in [-0.05, 0) is 42.9 Å². The van der Waals surface area contributed by atoms with Crippen LogP contribution in [0.25, 0.3) is 0 Å². The summed E-state index contributed by atoms with van der Waals surface area (Å²) in [6, 6.07) is 5.88. The molecule has 2 rings (SSSR count). The third-order valence-electron chi connectivity index (χ3n) is 3.31. The number of hydrogen-bond donors (Lipinski definition) is 1. The maximum absolute atomic E-state index is 11.4. The molecular weight excluding hydrogens is 200 g/mol. The van der Waals surface area contributed by atoms with Gasteiger partial charge in [-0.25, -0.2) is 0 Å². The van der Waals surface area contributed by atoms with Gasteiger partial charge in [-0.1, -0.05) is 25.0 Å². The lowest BCUT2D eigenvalue weighted by atomic mass is 9.91. The molecule has 0 atom stereocenters. The molecule has 0 aromatic heterocycles. The van der Waals surface area contributed by atoms with Crippen LogP contribution in [0.15, 0.2) is 18.2 Å². The Morgan fingerprint density at radius 3 is 2.44 bits per heavy atom. The number of aliphatic hydroxyl groups is 1. The Balaban J connectivity index is 2.28. The van der Waals surface area contributed by atoms with Gasteiger partial charge in [-0.15, -0.1) is 0 Å². The predicted octanol–water partition coefficient (Wildman–Crippen LogP) is 2.52. The van der Waals surface area contributed by atoms with Crippen molar-refractivity contribution < 1.29 is 9.90 Å². The zero-order valence-electron chi connectivity index (χ0n) is 9.54. The van der Waals surface area contributed by atoms with E-state index < -0.39 is 6.61 Å². The molecule has 0 heterocycles. The highest BCUT2D eigenvalue weighted by Crippen LogP contribution is 2.21. The number of aryl methyl sites for hydroxylation is 2. The molecule has 0 aliphatic heterocycles. The molecule has 0 fully saturated rings. The van der Waals surface area contributed by atoms with E-state index in [0.717, 1.165) is 12.8 Å². The van der Waals surface area contributed by atoms with E-state index in [0.29, 0.717) is 5.56 Å². The van der Waals surface area contributed by atoms with E-state index in [1.165, 1.54) is 36.8 Å². The van der Waals surface area contributed by atoms with Gasteiger partial charge < -0.3 is 5.11 Å². The molecule has 0 radical (unpaired) electrons. The predicted molar refractivity (Wildman–Crippen MR) is 63.7 cm³/mol. The summed E-state index contributed by atoms with van der Waals surface area (Å²) >= 11 is 0. The van der Waals surface area contributed by atoms with Crippen LogP contribution < -0.4 is 0 Å². The van der Waals surface area contributed by atoms with Crippen molar-refractivity contribution in [3.63, 3.8) is 0 Å². The first-order valence-electron chi connectivity index (χ1n) is 6.07. The molecular formula is C14H18O2. The minimum atomic E-state index is -0.390. The second-order valence-corrected chi connectivity index (χ2v) is 4.48. The van der Waals surface area contributed by atoms with Crippen molar-refractivity contribution in [2.75, 3.05) is 6.61 Å². The lowest BCUT2D eigenvalue weighted by molar-refractivity contribution is 0.0903. The van der Waals surface area contributed by atoms with Gasteiger partial charge in [0, 0.05) is 5.56 Å². The number of hydrogen-bond acceptors (Lipinski definition) is 2. The Morgan fingerprint density at radius 2 is 1.75 bits per heavy atom. The number of carbonyl (C=O) groups is 1. The van der Waals surface area contributed by atoms with Crippen molar-refractivity contribution in [1.29, 1.82) is 0 Å². The van der Waals surface area contributed by atoms with Gasteiger partial charge in [0.05, 0.1) is 0 Å². The second kappa shape index (κ2) is 5.26. The van der Waals surface area contributed by atoms with Crippen molar-refractivity contribution in [3.8, 4) is 0 Å². The summed E-state index contributed by atoms with van der Waals surface area (Å²) in [5.41, 5.74) is 3.34.